The summed E-state index contributed by atoms with van der Waals surface area (Å²) in [6, 6.07) is 0. The molecule has 9 N–H and O–H groups in total. The van der Waals surface area contributed by atoms with E-state index in [4.69, 9.17) is 89.8 Å². The van der Waals surface area contributed by atoms with Gasteiger partial charge in [0.2, 0.25) is 0 Å². The molecule has 456 valence electrons. The van der Waals surface area contributed by atoms with E-state index in [2.05, 4.69) is 83.5 Å². The average molecular weight is 1150 g/mol. The van der Waals surface area contributed by atoms with Crippen molar-refractivity contribution in [1.29, 1.82) is 0 Å². The van der Waals surface area contributed by atoms with Gasteiger partial charge in [-0.05, 0) is 62.3 Å². The summed E-state index contributed by atoms with van der Waals surface area (Å²) in [5.41, 5.74) is 0. The van der Waals surface area contributed by atoms with Gasteiger partial charge in [-0.2, -0.15) is 39.5 Å². The highest BCUT2D eigenvalue weighted by Crippen LogP contribution is 2.29. The van der Waals surface area contributed by atoms with Crippen LogP contribution in [-0.2, 0) is 43.2 Å². The van der Waals surface area contributed by atoms with E-state index in [0.29, 0.717) is 0 Å². The lowest BCUT2D eigenvalue weighted by molar-refractivity contribution is -0.904. The normalized spacial score (nSPS) is 11.7. The molecule has 0 bridgehead atoms. The molecule has 76 heavy (non-hydrogen) atoms. The summed E-state index contributed by atoms with van der Waals surface area (Å²) in [5.74, 6) is -20.5. The molecule has 3 atom stereocenters. The van der Waals surface area contributed by atoms with Gasteiger partial charge < -0.3 is 74.5 Å². The second-order valence-corrected chi connectivity index (χ2v) is 15.9. The number of aliphatic carboxylic acids is 9. The van der Waals surface area contributed by atoms with Gasteiger partial charge in [-0.3, -0.25) is 21.7 Å². The summed E-state index contributed by atoms with van der Waals surface area (Å²) >= 11 is 0. The number of hydrogen-bond donors (Lipinski definition) is 9. The number of halogens is 9. The Morgan fingerprint density at radius 1 is 0.342 bits per heavy atom. The summed E-state index contributed by atoms with van der Waals surface area (Å²) in [6.07, 6.45) is -15.7. The lowest BCUT2D eigenvalue weighted by Gasteiger charge is -2.35. The maximum atomic E-state index is 11.5. The van der Waals surface area contributed by atoms with Gasteiger partial charge in [-0.1, -0.05) is 20.8 Å². The number of carboxylic acids is 9. The number of quaternary nitrogens is 3. The summed E-state index contributed by atoms with van der Waals surface area (Å²) in [5, 5.41) is 93.4. The Hall–Kier alpha value is -5.58. The van der Waals surface area contributed by atoms with Crippen LogP contribution in [0.5, 0.6) is 0 Å². The maximum absolute atomic E-state index is 11.5. The lowest BCUT2D eigenvalue weighted by Crippen LogP contribution is -2.56. The molecule has 0 heterocycles. The van der Waals surface area contributed by atoms with E-state index in [0.717, 1.165) is 20.8 Å². The van der Waals surface area contributed by atoms with Crippen molar-refractivity contribution in [3.05, 3.63) is 0 Å². The molecular formula is C42H81BF9N3O21. The molecular weight excluding hydrogens is 1060 g/mol. The van der Waals surface area contributed by atoms with Crippen LogP contribution in [0.3, 0.4) is 0 Å². The molecule has 0 aliphatic rings. The highest BCUT2D eigenvalue weighted by atomic mass is 19.4. The number of hydrogen-bond acceptors (Lipinski definition) is 12. The minimum Gasteiger partial charge on any atom is -0.907 e. The van der Waals surface area contributed by atoms with Gasteiger partial charge in [-0.25, -0.2) is 28.8 Å². The Morgan fingerprint density at radius 2 is 0.434 bits per heavy atom. The molecule has 24 nitrogen and oxygen atoms in total. The Bertz CT molecular complexity index is 1360. The highest BCUT2D eigenvalue weighted by Gasteiger charge is 2.38. The van der Waals surface area contributed by atoms with Gasteiger partial charge in [0.1, 0.15) is 0 Å². The standard InChI is InChI=1S/3C7H18N.3C5H7F3O2.3C2H2O4.BO3/c3*1-5-8(4,6-2)7-3;3*1-3(2-4(9)10)5(6,7)8;3*3-1(4)2(5)6;2-1(3)4/h3*5-7H2,1-4H3;3*3H,2H2,1H3,(H,9,10);3*(H,3,4)(H,5,6);/q3*+1;;;;;;;-3. The Balaban J connectivity index is -0.0000000803. The zero-order valence-electron chi connectivity index (χ0n) is 45.5. The Labute approximate surface area is 436 Å². The van der Waals surface area contributed by atoms with E-state index in [1.165, 1.54) is 72.4 Å². The first-order valence-corrected chi connectivity index (χ1v) is 22.4. The van der Waals surface area contributed by atoms with Crippen LogP contribution in [0.2, 0.25) is 0 Å². The number of rotatable bonds is 15. The van der Waals surface area contributed by atoms with Gasteiger partial charge >= 0.3 is 72.3 Å². The van der Waals surface area contributed by atoms with Gasteiger partial charge in [0.15, 0.2) is 0 Å². The number of nitrogens with zero attached hydrogens (tertiary/aromatic N) is 3. The SMILES string of the molecule is CC(CC(=O)O)C(F)(F)F.CC(CC(=O)O)C(F)(F)F.CC(CC(=O)O)C(F)(F)F.CC[N+](C)(CC)CC.CC[N+](C)(CC)CC.CC[N+](C)(CC)CC.O=C(O)C(=O)O.O=C(O)C(=O)O.O=C(O)C(=O)O.[O-]B([O-])[O-]. The largest absolute Gasteiger partial charge is 0.907 e. The fourth-order valence-electron chi connectivity index (χ4n) is 3.15. The van der Waals surface area contributed by atoms with Crippen molar-refractivity contribution < 1.29 is 157 Å². The Kier molecular flexibility index (Phi) is 60.0. The van der Waals surface area contributed by atoms with Crippen LogP contribution < -0.4 is 15.1 Å². The maximum Gasteiger partial charge on any atom is 0.414 e. The molecule has 0 rings (SSSR count). The van der Waals surface area contributed by atoms with E-state index >= 15 is 0 Å². The van der Waals surface area contributed by atoms with E-state index < -0.39 is 117 Å². The molecule has 0 amide bonds. The zero-order valence-corrected chi connectivity index (χ0v) is 45.5. The van der Waals surface area contributed by atoms with Crippen LogP contribution in [0, 0.1) is 17.8 Å². The number of carboxylic acid groups (broad SMARTS) is 9. The second kappa shape index (κ2) is 49.0. The second-order valence-electron chi connectivity index (χ2n) is 15.9. The lowest BCUT2D eigenvalue weighted by atomic mass is 10.1. The summed E-state index contributed by atoms with van der Waals surface area (Å²) in [4.78, 5) is 83.9. The minimum absolute atomic E-state index is 0.841. The molecule has 0 aromatic heterocycles. The van der Waals surface area contributed by atoms with E-state index in [1.807, 2.05) is 0 Å². The smallest absolute Gasteiger partial charge is 0.414 e. The highest BCUT2D eigenvalue weighted by molar-refractivity contribution is 6.28. The first-order chi connectivity index (χ1) is 33.7. The number of carbonyl (C=O) groups is 9. The predicted molar refractivity (Wildman–Crippen MR) is 247 cm³/mol. The first-order valence-electron chi connectivity index (χ1n) is 22.4. The first kappa shape index (κ1) is 93.0. The molecule has 0 aliphatic carbocycles. The molecule has 3 unspecified atom stereocenters. The third-order valence-corrected chi connectivity index (χ3v) is 10.5. The average Bonchev–Trinajstić information content (AvgIpc) is 3.28. The van der Waals surface area contributed by atoms with Crippen LogP contribution in [0.15, 0.2) is 0 Å². The predicted octanol–water partition coefficient (Wildman–Crippen LogP) is 2.98. The van der Waals surface area contributed by atoms with Crippen molar-refractivity contribution in [2.24, 2.45) is 17.8 Å². The molecule has 34 heteroatoms. The van der Waals surface area contributed by atoms with Crippen molar-refractivity contribution in [2.75, 3.05) is 80.0 Å². The van der Waals surface area contributed by atoms with Gasteiger partial charge in [0.05, 0.1) is 117 Å². The summed E-state index contributed by atoms with van der Waals surface area (Å²) in [7, 11) is 3.96. The van der Waals surface area contributed by atoms with Crippen molar-refractivity contribution in [3.8, 4) is 0 Å². The fraction of sp³-hybridized carbons (Fsp3) is 0.786. The summed E-state index contributed by atoms with van der Waals surface area (Å²) < 4.78 is 108. The summed E-state index contributed by atoms with van der Waals surface area (Å²) in [6.45, 7) is 34.0. The van der Waals surface area contributed by atoms with E-state index in [9.17, 15) is 53.9 Å². The van der Waals surface area contributed by atoms with Crippen LogP contribution in [0.4, 0.5) is 39.5 Å². The zero-order chi connectivity index (χ0) is 64.0. The van der Waals surface area contributed by atoms with Crippen molar-refractivity contribution in [3.63, 3.8) is 0 Å². The number of alkyl halides is 9. The monoisotopic (exact) mass is 1150 g/mol. The van der Waals surface area contributed by atoms with Crippen LogP contribution in [-0.4, -0.2) is 219 Å². The van der Waals surface area contributed by atoms with Gasteiger partial charge in [-0.15, -0.1) is 0 Å². The van der Waals surface area contributed by atoms with E-state index in [1.54, 1.807) is 0 Å². The molecule has 0 aromatic carbocycles. The van der Waals surface area contributed by atoms with Crippen LogP contribution in [0.25, 0.3) is 0 Å². The van der Waals surface area contributed by atoms with Gasteiger partial charge in [0, 0.05) is 0 Å². The molecule has 0 saturated carbocycles. The Morgan fingerprint density at radius 3 is 0.447 bits per heavy atom. The third-order valence-electron chi connectivity index (χ3n) is 10.5. The van der Waals surface area contributed by atoms with E-state index in [-0.39, 0.29) is 0 Å². The fourth-order valence-corrected chi connectivity index (χ4v) is 3.15. The van der Waals surface area contributed by atoms with Crippen molar-refractivity contribution in [2.45, 2.75) is 121 Å². The molecule has 0 fully saturated rings. The molecule has 0 aromatic rings. The topological polar surface area (TPSA) is 405 Å². The minimum atomic E-state index is -4.39. The molecule has 0 aliphatic heterocycles. The molecule has 0 spiro atoms. The van der Waals surface area contributed by atoms with Crippen molar-refractivity contribution in [1.82, 2.24) is 0 Å². The molecule has 0 saturated heterocycles. The van der Waals surface area contributed by atoms with Crippen molar-refractivity contribution >= 4 is 61.0 Å². The van der Waals surface area contributed by atoms with Gasteiger partial charge in [0.25, 0.3) is 0 Å². The molecule has 0 radical (unpaired) electrons. The van der Waals surface area contributed by atoms with Crippen LogP contribution >= 0.6 is 0 Å². The quantitative estimate of drug-likeness (QED) is 0.0492. The third kappa shape index (κ3) is 77.3. The van der Waals surface area contributed by atoms with Crippen LogP contribution in [0.1, 0.15) is 102 Å².